The molecule has 0 aromatic carbocycles. The Labute approximate surface area is 93.3 Å². The molecule has 0 saturated carbocycles. The highest BCUT2D eigenvalue weighted by molar-refractivity contribution is 6.08. The summed E-state index contributed by atoms with van der Waals surface area (Å²) in [5.41, 5.74) is 0.171. The van der Waals surface area contributed by atoms with Crippen LogP contribution in [-0.4, -0.2) is 16.9 Å². The fraction of sp³-hybridized carbons (Fsp3) is 0.500. The lowest BCUT2D eigenvalue weighted by molar-refractivity contribution is 0.0688. The number of hydrogen-bond donors (Lipinski definition) is 1. The Morgan fingerprint density at radius 2 is 2.00 bits per heavy atom. The lowest BCUT2D eigenvalue weighted by Crippen LogP contribution is -2.27. The van der Waals surface area contributed by atoms with Crippen LogP contribution >= 0.6 is 0 Å². The van der Waals surface area contributed by atoms with Crippen molar-refractivity contribution in [2.24, 2.45) is 5.41 Å². The van der Waals surface area contributed by atoms with Gasteiger partial charge in [0, 0.05) is 12.8 Å². The van der Waals surface area contributed by atoms with E-state index >= 15 is 0 Å². The molecule has 1 aromatic rings. The number of ketones is 1. The molecule has 0 radical (unpaired) electrons. The van der Waals surface area contributed by atoms with E-state index in [0.717, 1.165) is 0 Å². The molecule has 1 heterocycles. The maximum atomic E-state index is 11.9. The van der Waals surface area contributed by atoms with E-state index in [2.05, 4.69) is 0 Å². The molecule has 1 aromatic heterocycles. The molecule has 0 atom stereocenters. The third-order valence-corrected chi connectivity index (χ3v) is 2.93. The predicted octanol–water partition coefficient (Wildman–Crippen LogP) is 2.44. The summed E-state index contributed by atoms with van der Waals surface area (Å²) in [5, 5.41) is 9.05. The molecule has 0 saturated heterocycles. The van der Waals surface area contributed by atoms with Crippen LogP contribution in [0.2, 0.25) is 0 Å². The number of carboxylic acids is 1. The quantitative estimate of drug-likeness (QED) is 0.792. The zero-order valence-corrected chi connectivity index (χ0v) is 9.59. The van der Waals surface area contributed by atoms with E-state index in [-0.39, 0.29) is 22.3 Å². The van der Waals surface area contributed by atoms with Crippen LogP contribution in [0.25, 0.3) is 0 Å². The van der Waals surface area contributed by atoms with Crippen LogP contribution in [-0.2, 0) is 6.42 Å². The SMILES string of the molecule is Cc1oc2c(c1C(=O)O)C(=O)CC(C)(C)C2. The van der Waals surface area contributed by atoms with E-state index in [1.54, 1.807) is 6.92 Å². The first-order chi connectivity index (χ1) is 7.32. The van der Waals surface area contributed by atoms with Gasteiger partial charge in [-0.05, 0) is 12.3 Å². The number of hydrogen-bond acceptors (Lipinski definition) is 3. The van der Waals surface area contributed by atoms with Crippen LogP contribution in [0.15, 0.2) is 4.42 Å². The zero-order chi connectivity index (χ0) is 12.1. The van der Waals surface area contributed by atoms with Crippen LogP contribution in [0.4, 0.5) is 0 Å². The molecule has 1 N–H and O–H groups in total. The highest BCUT2D eigenvalue weighted by Crippen LogP contribution is 2.38. The number of carbonyl (C=O) groups excluding carboxylic acids is 1. The first-order valence-electron chi connectivity index (χ1n) is 5.20. The average Bonchev–Trinajstić information content (AvgIpc) is 2.38. The average molecular weight is 222 g/mol. The van der Waals surface area contributed by atoms with Gasteiger partial charge in [-0.2, -0.15) is 0 Å². The fourth-order valence-electron chi connectivity index (χ4n) is 2.30. The van der Waals surface area contributed by atoms with Gasteiger partial charge in [0.25, 0.3) is 0 Å². The molecular weight excluding hydrogens is 208 g/mol. The smallest absolute Gasteiger partial charge is 0.340 e. The first kappa shape index (κ1) is 10.9. The summed E-state index contributed by atoms with van der Waals surface area (Å²) < 4.78 is 5.40. The third-order valence-electron chi connectivity index (χ3n) is 2.93. The third kappa shape index (κ3) is 1.54. The number of aryl methyl sites for hydroxylation is 1. The van der Waals surface area contributed by atoms with Gasteiger partial charge in [-0.1, -0.05) is 13.8 Å². The molecule has 2 rings (SSSR count). The van der Waals surface area contributed by atoms with Crippen LogP contribution in [0.5, 0.6) is 0 Å². The Bertz CT molecular complexity index is 479. The van der Waals surface area contributed by atoms with Crippen LogP contribution < -0.4 is 0 Å². The number of furan rings is 1. The van der Waals surface area contributed by atoms with Crippen molar-refractivity contribution in [1.29, 1.82) is 0 Å². The second kappa shape index (κ2) is 3.20. The van der Waals surface area contributed by atoms with Gasteiger partial charge in [-0.25, -0.2) is 4.79 Å². The van der Waals surface area contributed by atoms with Gasteiger partial charge in [0.05, 0.1) is 5.56 Å². The van der Waals surface area contributed by atoms with Crippen molar-refractivity contribution in [2.45, 2.75) is 33.6 Å². The predicted molar refractivity (Wildman–Crippen MR) is 56.8 cm³/mol. The second-order valence-corrected chi connectivity index (χ2v) is 5.08. The van der Waals surface area contributed by atoms with Crippen molar-refractivity contribution >= 4 is 11.8 Å². The summed E-state index contributed by atoms with van der Waals surface area (Å²) in [5.74, 6) is -0.365. The molecule has 1 aliphatic rings. The van der Waals surface area contributed by atoms with E-state index in [4.69, 9.17) is 9.52 Å². The second-order valence-electron chi connectivity index (χ2n) is 5.08. The summed E-state index contributed by atoms with van der Waals surface area (Å²) in [6.07, 6.45) is 0.988. The molecule has 0 unspecified atom stereocenters. The largest absolute Gasteiger partial charge is 0.478 e. The lowest BCUT2D eigenvalue weighted by Gasteiger charge is -2.27. The Kier molecular flexibility index (Phi) is 2.19. The summed E-state index contributed by atoms with van der Waals surface area (Å²) in [4.78, 5) is 23.0. The van der Waals surface area contributed by atoms with Gasteiger partial charge in [0.15, 0.2) is 5.78 Å². The monoisotopic (exact) mass is 222 g/mol. The summed E-state index contributed by atoms with van der Waals surface area (Å²) >= 11 is 0. The topological polar surface area (TPSA) is 67.5 Å². The van der Waals surface area contributed by atoms with E-state index < -0.39 is 5.97 Å². The fourth-order valence-corrected chi connectivity index (χ4v) is 2.30. The van der Waals surface area contributed by atoms with Gasteiger partial charge < -0.3 is 9.52 Å². The standard InChI is InChI=1S/C12H14O4/c1-6-9(11(14)15)10-7(13)4-12(2,3)5-8(10)16-6/h4-5H2,1-3H3,(H,14,15). The molecule has 0 bridgehead atoms. The zero-order valence-electron chi connectivity index (χ0n) is 9.59. The Morgan fingerprint density at radius 1 is 1.38 bits per heavy atom. The molecule has 0 amide bonds. The van der Waals surface area contributed by atoms with Gasteiger partial charge >= 0.3 is 5.97 Å². The van der Waals surface area contributed by atoms with E-state index in [9.17, 15) is 9.59 Å². The maximum Gasteiger partial charge on any atom is 0.340 e. The van der Waals surface area contributed by atoms with Gasteiger partial charge in [0.1, 0.15) is 17.1 Å². The van der Waals surface area contributed by atoms with Crippen molar-refractivity contribution in [3.05, 3.63) is 22.6 Å². The Hall–Kier alpha value is -1.58. The van der Waals surface area contributed by atoms with Crippen molar-refractivity contribution in [3.63, 3.8) is 0 Å². The number of carbonyl (C=O) groups is 2. The molecule has 16 heavy (non-hydrogen) atoms. The first-order valence-corrected chi connectivity index (χ1v) is 5.20. The molecule has 86 valence electrons. The molecule has 0 fully saturated rings. The lowest BCUT2D eigenvalue weighted by atomic mass is 9.76. The van der Waals surface area contributed by atoms with Crippen molar-refractivity contribution in [1.82, 2.24) is 0 Å². The molecule has 1 aliphatic carbocycles. The summed E-state index contributed by atoms with van der Waals surface area (Å²) in [6, 6.07) is 0. The van der Waals surface area contributed by atoms with Crippen LogP contribution in [0.3, 0.4) is 0 Å². The molecule has 4 nitrogen and oxygen atoms in total. The minimum atomic E-state index is -1.09. The molecular formula is C12H14O4. The van der Waals surface area contributed by atoms with Gasteiger partial charge in [-0.15, -0.1) is 0 Å². The summed E-state index contributed by atoms with van der Waals surface area (Å²) in [6.45, 7) is 5.54. The van der Waals surface area contributed by atoms with E-state index in [0.29, 0.717) is 24.4 Å². The number of rotatable bonds is 1. The highest BCUT2D eigenvalue weighted by Gasteiger charge is 2.37. The van der Waals surface area contributed by atoms with Crippen molar-refractivity contribution in [3.8, 4) is 0 Å². The van der Waals surface area contributed by atoms with Crippen molar-refractivity contribution < 1.29 is 19.1 Å². The van der Waals surface area contributed by atoms with Gasteiger partial charge in [-0.3, -0.25) is 4.79 Å². The Morgan fingerprint density at radius 3 is 2.56 bits per heavy atom. The van der Waals surface area contributed by atoms with E-state index in [1.165, 1.54) is 0 Å². The summed E-state index contributed by atoms with van der Waals surface area (Å²) in [7, 11) is 0. The minimum Gasteiger partial charge on any atom is -0.478 e. The van der Waals surface area contributed by atoms with Gasteiger partial charge in [0.2, 0.25) is 0 Å². The number of Topliss-reactive ketones (excluding diaryl/α,β-unsaturated/α-hetero) is 1. The number of fused-ring (bicyclic) bond motifs is 1. The van der Waals surface area contributed by atoms with Crippen LogP contribution in [0.1, 0.15) is 52.5 Å². The number of carboxylic acid groups (broad SMARTS) is 1. The highest BCUT2D eigenvalue weighted by atomic mass is 16.4. The molecule has 0 aliphatic heterocycles. The maximum absolute atomic E-state index is 11.9. The van der Waals surface area contributed by atoms with Crippen LogP contribution in [0, 0.1) is 12.3 Å². The molecule has 0 spiro atoms. The molecule has 4 heteroatoms. The minimum absolute atomic E-state index is 0.0375. The van der Waals surface area contributed by atoms with Crippen molar-refractivity contribution in [2.75, 3.05) is 0 Å². The normalized spacial score (nSPS) is 18.3. The number of aromatic carboxylic acids is 1. The van der Waals surface area contributed by atoms with E-state index in [1.807, 2.05) is 13.8 Å². The Balaban J connectivity index is 2.62.